The Labute approximate surface area is 147 Å². The Bertz CT molecular complexity index is 843. The van der Waals surface area contributed by atoms with Crippen LogP contribution in [-0.2, 0) is 13.0 Å². The summed E-state index contributed by atoms with van der Waals surface area (Å²) in [6.07, 6.45) is 4.79. The largest absolute Gasteiger partial charge is 0.396 e. The Balaban J connectivity index is 1.94. The SMILES string of the molecule is CCc1c(C(=O)N(CCCO)Cc2ccncc2)[nH]c2ccccc12. The van der Waals surface area contributed by atoms with E-state index >= 15 is 0 Å². The van der Waals surface area contributed by atoms with Crippen LogP contribution in [0.2, 0.25) is 0 Å². The number of amides is 1. The summed E-state index contributed by atoms with van der Waals surface area (Å²) in [7, 11) is 0. The van der Waals surface area contributed by atoms with Gasteiger partial charge in [0.05, 0.1) is 0 Å². The number of aromatic amines is 1. The molecule has 0 spiro atoms. The number of fused-ring (bicyclic) bond motifs is 1. The second-order valence-electron chi connectivity index (χ2n) is 6.04. The van der Waals surface area contributed by atoms with Crippen molar-refractivity contribution < 1.29 is 9.90 Å². The van der Waals surface area contributed by atoms with E-state index in [4.69, 9.17) is 0 Å². The Morgan fingerprint density at radius 1 is 1.20 bits per heavy atom. The summed E-state index contributed by atoms with van der Waals surface area (Å²) in [6.45, 7) is 3.14. The number of pyridine rings is 1. The molecule has 3 aromatic rings. The highest BCUT2D eigenvalue weighted by atomic mass is 16.3. The van der Waals surface area contributed by atoms with Crippen LogP contribution in [0.1, 0.15) is 35.0 Å². The lowest BCUT2D eigenvalue weighted by Gasteiger charge is -2.22. The molecule has 2 N–H and O–H groups in total. The minimum Gasteiger partial charge on any atom is -0.396 e. The normalized spacial score (nSPS) is 11.0. The predicted molar refractivity (Wildman–Crippen MR) is 98.4 cm³/mol. The fourth-order valence-corrected chi connectivity index (χ4v) is 3.13. The smallest absolute Gasteiger partial charge is 0.270 e. The number of H-pyrrole nitrogens is 1. The van der Waals surface area contributed by atoms with E-state index in [0.29, 0.717) is 25.2 Å². The first kappa shape index (κ1) is 17.2. The molecular weight excluding hydrogens is 314 g/mol. The lowest BCUT2D eigenvalue weighted by molar-refractivity contribution is 0.0726. The van der Waals surface area contributed by atoms with Gasteiger partial charge in [-0.05, 0) is 42.2 Å². The number of hydrogen-bond acceptors (Lipinski definition) is 3. The topological polar surface area (TPSA) is 69.2 Å². The lowest BCUT2D eigenvalue weighted by Crippen LogP contribution is -2.32. The summed E-state index contributed by atoms with van der Waals surface area (Å²) in [4.78, 5) is 22.3. The molecule has 2 heterocycles. The quantitative estimate of drug-likeness (QED) is 0.696. The second kappa shape index (κ2) is 7.94. The van der Waals surface area contributed by atoms with Crippen molar-refractivity contribution in [3.63, 3.8) is 0 Å². The predicted octanol–water partition coefficient (Wildman–Crippen LogP) is 3.15. The average molecular weight is 337 g/mol. The number of aromatic nitrogens is 2. The molecule has 0 radical (unpaired) electrons. The fraction of sp³-hybridized carbons (Fsp3) is 0.300. The Morgan fingerprint density at radius 2 is 1.96 bits per heavy atom. The van der Waals surface area contributed by atoms with Gasteiger partial charge in [0, 0.05) is 43.0 Å². The number of nitrogens with one attached hydrogen (secondary N) is 1. The van der Waals surface area contributed by atoms with E-state index < -0.39 is 0 Å². The van der Waals surface area contributed by atoms with Crippen LogP contribution in [0.3, 0.4) is 0 Å². The maximum Gasteiger partial charge on any atom is 0.270 e. The molecule has 3 rings (SSSR count). The third kappa shape index (κ3) is 3.72. The van der Waals surface area contributed by atoms with Crippen LogP contribution in [0.5, 0.6) is 0 Å². The fourth-order valence-electron chi connectivity index (χ4n) is 3.13. The highest BCUT2D eigenvalue weighted by Crippen LogP contribution is 2.24. The first-order chi connectivity index (χ1) is 12.2. The summed E-state index contributed by atoms with van der Waals surface area (Å²) >= 11 is 0. The van der Waals surface area contributed by atoms with Gasteiger partial charge in [-0.1, -0.05) is 25.1 Å². The molecule has 5 nitrogen and oxygen atoms in total. The molecule has 0 bridgehead atoms. The number of carbonyl (C=O) groups is 1. The molecule has 25 heavy (non-hydrogen) atoms. The first-order valence-electron chi connectivity index (χ1n) is 8.63. The molecule has 0 aliphatic rings. The van der Waals surface area contributed by atoms with E-state index in [9.17, 15) is 9.90 Å². The molecule has 0 aliphatic carbocycles. The number of rotatable bonds is 7. The molecule has 0 saturated heterocycles. The standard InChI is InChI=1S/C20H23N3O2/c1-2-16-17-6-3-4-7-18(17)22-19(16)20(25)23(12-5-13-24)14-15-8-10-21-11-9-15/h3-4,6-11,22,24H,2,5,12-14H2,1H3. The van der Waals surface area contributed by atoms with Crippen molar-refractivity contribution in [2.75, 3.05) is 13.2 Å². The van der Waals surface area contributed by atoms with Crippen molar-refractivity contribution in [3.05, 3.63) is 65.6 Å². The first-order valence-corrected chi connectivity index (χ1v) is 8.63. The molecule has 0 saturated carbocycles. The Hall–Kier alpha value is -2.66. The zero-order valence-corrected chi connectivity index (χ0v) is 14.4. The molecule has 1 aromatic carbocycles. The second-order valence-corrected chi connectivity index (χ2v) is 6.04. The van der Waals surface area contributed by atoms with Crippen molar-refractivity contribution in [2.45, 2.75) is 26.3 Å². The molecule has 1 amide bonds. The van der Waals surface area contributed by atoms with Crippen LogP contribution in [-0.4, -0.2) is 39.0 Å². The zero-order valence-electron chi connectivity index (χ0n) is 14.4. The Morgan fingerprint density at radius 3 is 2.68 bits per heavy atom. The van der Waals surface area contributed by atoms with E-state index in [1.807, 2.05) is 36.4 Å². The minimum absolute atomic E-state index is 0.0293. The monoisotopic (exact) mass is 337 g/mol. The summed E-state index contributed by atoms with van der Waals surface area (Å²) in [6, 6.07) is 11.8. The van der Waals surface area contributed by atoms with Gasteiger partial charge >= 0.3 is 0 Å². The van der Waals surface area contributed by atoms with E-state index in [1.54, 1.807) is 17.3 Å². The van der Waals surface area contributed by atoms with Gasteiger partial charge in [-0.25, -0.2) is 0 Å². The van der Waals surface area contributed by atoms with Crippen LogP contribution in [0.15, 0.2) is 48.8 Å². The van der Waals surface area contributed by atoms with Gasteiger partial charge in [0.1, 0.15) is 5.69 Å². The molecular formula is C20H23N3O2. The number of carbonyl (C=O) groups excluding carboxylic acids is 1. The molecule has 0 atom stereocenters. The maximum atomic E-state index is 13.2. The molecule has 0 aliphatic heterocycles. The number of aliphatic hydroxyl groups is 1. The number of benzene rings is 1. The maximum absolute atomic E-state index is 13.2. The van der Waals surface area contributed by atoms with Gasteiger partial charge < -0.3 is 15.0 Å². The van der Waals surface area contributed by atoms with Gasteiger partial charge in [-0.15, -0.1) is 0 Å². The number of para-hydroxylation sites is 1. The van der Waals surface area contributed by atoms with E-state index in [-0.39, 0.29) is 12.5 Å². The zero-order chi connectivity index (χ0) is 17.6. The van der Waals surface area contributed by atoms with Crippen LogP contribution in [0, 0.1) is 0 Å². The summed E-state index contributed by atoms with van der Waals surface area (Å²) in [5, 5.41) is 10.3. The molecule has 0 fully saturated rings. The van der Waals surface area contributed by atoms with Gasteiger partial charge in [0.15, 0.2) is 0 Å². The summed E-state index contributed by atoms with van der Waals surface area (Å²) < 4.78 is 0. The number of hydrogen-bond donors (Lipinski definition) is 2. The van der Waals surface area contributed by atoms with Crippen molar-refractivity contribution in [1.82, 2.24) is 14.9 Å². The summed E-state index contributed by atoms with van der Waals surface area (Å²) in [5.74, 6) is -0.0293. The van der Waals surface area contributed by atoms with Gasteiger partial charge in [-0.2, -0.15) is 0 Å². The third-order valence-corrected chi connectivity index (χ3v) is 4.38. The molecule has 130 valence electrons. The van der Waals surface area contributed by atoms with Crippen LogP contribution in [0.4, 0.5) is 0 Å². The van der Waals surface area contributed by atoms with Crippen molar-refractivity contribution in [2.24, 2.45) is 0 Å². The van der Waals surface area contributed by atoms with Gasteiger partial charge in [-0.3, -0.25) is 9.78 Å². The number of aryl methyl sites for hydroxylation is 1. The van der Waals surface area contributed by atoms with Crippen molar-refractivity contribution >= 4 is 16.8 Å². The Kier molecular flexibility index (Phi) is 5.46. The van der Waals surface area contributed by atoms with Gasteiger partial charge in [0.25, 0.3) is 5.91 Å². The average Bonchev–Trinajstić information content (AvgIpc) is 3.04. The summed E-state index contributed by atoms with van der Waals surface area (Å²) in [5.41, 5.74) is 3.70. The van der Waals surface area contributed by atoms with Crippen LogP contribution >= 0.6 is 0 Å². The van der Waals surface area contributed by atoms with Crippen LogP contribution in [0.25, 0.3) is 10.9 Å². The van der Waals surface area contributed by atoms with Crippen LogP contribution < -0.4 is 0 Å². The highest BCUT2D eigenvalue weighted by molar-refractivity contribution is 6.01. The molecule has 0 unspecified atom stereocenters. The van der Waals surface area contributed by atoms with Crippen molar-refractivity contribution in [1.29, 1.82) is 0 Å². The molecule has 2 aromatic heterocycles. The third-order valence-electron chi connectivity index (χ3n) is 4.38. The van der Waals surface area contributed by atoms with E-state index in [0.717, 1.165) is 28.5 Å². The van der Waals surface area contributed by atoms with Gasteiger partial charge in [0.2, 0.25) is 0 Å². The number of aliphatic hydroxyl groups excluding tert-OH is 1. The van der Waals surface area contributed by atoms with Crippen molar-refractivity contribution in [3.8, 4) is 0 Å². The highest BCUT2D eigenvalue weighted by Gasteiger charge is 2.22. The molecule has 5 heteroatoms. The van der Waals surface area contributed by atoms with E-state index in [2.05, 4.69) is 16.9 Å². The number of nitrogens with zero attached hydrogens (tertiary/aromatic N) is 2. The minimum atomic E-state index is -0.0293. The van der Waals surface area contributed by atoms with E-state index in [1.165, 1.54) is 0 Å². The lowest BCUT2D eigenvalue weighted by atomic mass is 10.1.